The fraction of sp³-hybridized carbons (Fsp3) is 0.793. The second-order valence-electron chi connectivity index (χ2n) is 10.0. The molecule has 0 aliphatic carbocycles. The summed E-state index contributed by atoms with van der Waals surface area (Å²) in [6.07, 6.45) is 20.5. The number of rotatable bonds is 23. The Labute approximate surface area is 214 Å². The van der Waals surface area contributed by atoms with Crippen LogP contribution in [0.25, 0.3) is 0 Å². The second kappa shape index (κ2) is 21.8. The Balaban J connectivity index is 2.06. The topological polar surface area (TPSA) is 93.7 Å². The van der Waals surface area contributed by atoms with Crippen molar-refractivity contribution >= 4 is 5.91 Å². The Hall–Kier alpha value is -1.50. The lowest BCUT2D eigenvalue weighted by atomic mass is 9.99. The molecule has 0 saturated carbocycles. The van der Waals surface area contributed by atoms with E-state index in [1.54, 1.807) is 0 Å². The molecule has 1 heterocycles. The number of nitrogens with zero attached hydrogens (tertiary/aromatic N) is 1. The van der Waals surface area contributed by atoms with Gasteiger partial charge in [0.15, 0.2) is 12.4 Å². The van der Waals surface area contributed by atoms with Gasteiger partial charge in [-0.1, -0.05) is 90.0 Å². The zero-order valence-corrected chi connectivity index (χ0v) is 22.3. The van der Waals surface area contributed by atoms with E-state index < -0.39 is 18.2 Å². The van der Waals surface area contributed by atoms with Gasteiger partial charge in [-0.05, 0) is 19.3 Å². The average molecular weight is 494 g/mol. The molecule has 0 radical (unpaired) electrons. The molecule has 0 saturated heterocycles. The fourth-order valence-corrected chi connectivity index (χ4v) is 4.49. The van der Waals surface area contributed by atoms with Crippen molar-refractivity contribution in [2.75, 3.05) is 6.61 Å². The Kier molecular flexibility index (Phi) is 19.6. The maximum absolute atomic E-state index is 12.2. The van der Waals surface area contributed by atoms with Crippen LogP contribution in [0.3, 0.4) is 0 Å². The Morgan fingerprint density at radius 3 is 1.89 bits per heavy atom. The van der Waals surface area contributed by atoms with E-state index in [0.717, 1.165) is 45.1 Å². The summed E-state index contributed by atoms with van der Waals surface area (Å²) in [6.45, 7) is 2.79. The van der Waals surface area contributed by atoms with Crippen LogP contribution in [0.1, 0.15) is 116 Å². The van der Waals surface area contributed by atoms with Crippen molar-refractivity contribution in [1.29, 1.82) is 0 Å². The van der Waals surface area contributed by atoms with Crippen molar-refractivity contribution in [3.8, 4) is 0 Å². The maximum Gasteiger partial charge on any atom is 0.220 e. The molecule has 0 bridgehead atoms. The zero-order valence-electron chi connectivity index (χ0n) is 22.3. The molecule has 4 N–H and O–H groups in total. The number of unbranched alkanes of at least 4 members (excludes halogenated alkanes) is 13. The molecule has 3 atom stereocenters. The van der Waals surface area contributed by atoms with Gasteiger partial charge in [0.25, 0.3) is 0 Å². The van der Waals surface area contributed by atoms with Crippen molar-refractivity contribution in [2.24, 2.45) is 0 Å². The summed E-state index contributed by atoms with van der Waals surface area (Å²) in [4.78, 5) is 12.2. The molecule has 1 aromatic rings. The summed E-state index contributed by atoms with van der Waals surface area (Å²) < 4.78 is 2.12. The molecule has 6 nitrogen and oxygen atoms in total. The quantitative estimate of drug-likeness (QED) is 0.130. The van der Waals surface area contributed by atoms with Crippen LogP contribution in [0.5, 0.6) is 0 Å². The second-order valence-corrected chi connectivity index (χ2v) is 10.0. The molecule has 0 aliphatic heterocycles. The van der Waals surface area contributed by atoms with E-state index in [9.17, 15) is 20.1 Å². The fourth-order valence-electron chi connectivity index (χ4n) is 4.49. The first-order valence-corrected chi connectivity index (χ1v) is 14.3. The largest absolute Gasteiger partial charge is 0.394 e. The maximum atomic E-state index is 12.2. The standard InChI is InChI=1S/C29H52N2O4/c1-2-3-4-5-6-7-8-9-10-11-12-15-20-27(33)29(35)26(25-32)30-28(34)21-16-13-17-22-31-23-18-14-19-24-31/h14,18-19,23-24,26-27,29,32-33,35H,2-13,15-17,20-22,25H2,1H3/p+1/t26-,27+,29-/m0/s1. The third kappa shape index (κ3) is 16.7. The SMILES string of the molecule is CCCCCCCCCCCCCC[C@@H](O)[C@@H](O)[C@H](CO)NC(=O)CCCCC[n+]1ccccc1. The average Bonchev–Trinajstić information content (AvgIpc) is 2.87. The number of aliphatic hydroxyl groups excluding tert-OH is 3. The molecule has 35 heavy (non-hydrogen) atoms. The molecule has 0 aromatic carbocycles. The highest BCUT2D eigenvalue weighted by Crippen LogP contribution is 2.14. The van der Waals surface area contributed by atoms with E-state index in [4.69, 9.17) is 0 Å². The van der Waals surface area contributed by atoms with Crippen molar-refractivity contribution in [3.63, 3.8) is 0 Å². The summed E-state index contributed by atoms with van der Waals surface area (Å²) in [5.74, 6) is -0.187. The molecule has 0 aliphatic rings. The molecule has 0 fully saturated rings. The molecular formula is C29H53N2O4+. The van der Waals surface area contributed by atoms with Gasteiger partial charge in [0.1, 0.15) is 12.6 Å². The molecular weight excluding hydrogens is 440 g/mol. The van der Waals surface area contributed by atoms with E-state index in [0.29, 0.717) is 12.8 Å². The molecule has 202 valence electrons. The van der Waals surface area contributed by atoms with E-state index in [1.807, 2.05) is 30.6 Å². The van der Waals surface area contributed by atoms with Crippen LogP contribution >= 0.6 is 0 Å². The van der Waals surface area contributed by atoms with Gasteiger partial charge in [-0.15, -0.1) is 0 Å². The van der Waals surface area contributed by atoms with Gasteiger partial charge in [0, 0.05) is 25.0 Å². The van der Waals surface area contributed by atoms with Gasteiger partial charge in [0.05, 0.1) is 18.8 Å². The van der Waals surface area contributed by atoms with Crippen LogP contribution in [0, 0.1) is 0 Å². The molecule has 6 heteroatoms. The Morgan fingerprint density at radius 2 is 1.31 bits per heavy atom. The number of amides is 1. The molecule has 0 spiro atoms. The highest BCUT2D eigenvalue weighted by molar-refractivity contribution is 5.76. The molecule has 1 aromatic heterocycles. The minimum absolute atomic E-state index is 0.187. The van der Waals surface area contributed by atoms with Crippen LogP contribution in [-0.4, -0.2) is 46.1 Å². The minimum atomic E-state index is -1.15. The van der Waals surface area contributed by atoms with Crippen molar-refractivity contribution in [3.05, 3.63) is 30.6 Å². The Bertz CT molecular complexity index is 614. The number of pyridine rings is 1. The van der Waals surface area contributed by atoms with Gasteiger partial charge in [-0.2, -0.15) is 0 Å². The number of carbonyl (C=O) groups excluding carboxylic acids is 1. The number of nitrogens with one attached hydrogen (secondary N) is 1. The summed E-state index contributed by atoms with van der Waals surface area (Å²) in [7, 11) is 0. The number of hydrogen-bond acceptors (Lipinski definition) is 4. The number of carbonyl (C=O) groups is 1. The number of aromatic nitrogens is 1. The van der Waals surface area contributed by atoms with Crippen molar-refractivity contribution < 1.29 is 24.7 Å². The van der Waals surface area contributed by atoms with Crippen molar-refractivity contribution in [2.45, 2.75) is 141 Å². The minimum Gasteiger partial charge on any atom is -0.394 e. The summed E-state index contributed by atoms with van der Waals surface area (Å²) in [5.41, 5.74) is 0. The molecule has 1 amide bonds. The lowest BCUT2D eigenvalue weighted by molar-refractivity contribution is -0.697. The zero-order chi connectivity index (χ0) is 25.6. The summed E-state index contributed by atoms with van der Waals surface area (Å²) >= 11 is 0. The smallest absolute Gasteiger partial charge is 0.220 e. The van der Waals surface area contributed by atoms with Gasteiger partial charge >= 0.3 is 0 Å². The first-order chi connectivity index (χ1) is 17.1. The lowest BCUT2D eigenvalue weighted by Crippen LogP contribution is -2.50. The van der Waals surface area contributed by atoms with E-state index in [1.165, 1.54) is 57.8 Å². The lowest BCUT2D eigenvalue weighted by Gasteiger charge is -2.26. The Morgan fingerprint density at radius 1 is 0.771 bits per heavy atom. The highest BCUT2D eigenvalue weighted by atomic mass is 16.3. The van der Waals surface area contributed by atoms with Gasteiger partial charge < -0.3 is 20.6 Å². The van der Waals surface area contributed by atoms with Crippen LogP contribution in [0.2, 0.25) is 0 Å². The van der Waals surface area contributed by atoms with Crippen LogP contribution < -0.4 is 9.88 Å². The third-order valence-electron chi connectivity index (χ3n) is 6.80. The van der Waals surface area contributed by atoms with E-state index >= 15 is 0 Å². The number of aliphatic hydroxyl groups is 3. The number of hydrogen-bond donors (Lipinski definition) is 4. The van der Waals surface area contributed by atoms with Crippen LogP contribution in [0.15, 0.2) is 30.6 Å². The molecule has 0 unspecified atom stereocenters. The normalized spacial score (nSPS) is 13.9. The summed E-state index contributed by atoms with van der Waals surface area (Å²) in [5, 5.41) is 33.1. The first-order valence-electron chi connectivity index (χ1n) is 14.3. The third-order valence-corrected chi connectivity index (χ3v) is 6.80. The van der Waals surface area contributed by atoms with Crippen LogP contribution in [-0.2, 0) is 11.3 Å². The number of aryl methyl sites for hydroxylation is 1. The van der Waals surface area contributed by atoms with E-state index in [-0.39, 0.29) is 12.5 Å². The van der Waals surface area contributed by atoms with Gasteiger partial charge in [0.2, 0.25) is 5.91 Å². The first kappa shape index (κ1) is 31.5. The van der Waals surface area contributed by atoms with Crippen LogP contribution in [0.4, 0.5) is 0 Å². The van der Waals surface area contributed by atoms with E-state index in [2.05, 4.69) is 16.8 Å². The highest BCUT2D eigenvalue weighted by Gasteiger charge is 2.26. The summed E-state index contributed by atoms with van der Waals surface area (Å²) in [6, 6.07) is 5.16. The van der Waals surface area contributed by atoms with Gasteiger partial charge in [-0.3, -0.25) is 4.79 Å². The molecule has 1 rings (SSSR count). The van der Waals surface area contributed by atoms with Crippen molar-refractivity contribution in [1.82, 2.24) is 5.32 Å². The predicted octanol–water partition coefficient (Wildman–Crippen LogP) is 4.82. The monoisotopic (exact) mass is 493 g/mol. The van der Waals surface area contributed by atoms with Gasteiger partial charge in [-0.25, -0.2) is 4.57 Å². The predicted molar refractivity (Wildman–Crippen MR) is 142 cm³/mol.